The molecule has 3 fully saturated rings. The summed E-state index contributed by atoms with van der Waals surface area (Å²) >= 11 is 0. The Hall–Kier alpha value is -1.86. The van der Waals surface area contributed by atoms with Crippen LogP contribution in [-0.4, -0.2) is 52.2 Å². The van der Waals surface area contributed by atoms with Gasteiger partial charge in [-0.15, -0.1) is 0 Å². The molecular weight excluding hydrogens is 403 g/mol. The minimum absolute atomic E-state index is 0.140. The Morgan fingerprint density at radius 1 is 1.29 bits per heavy atom. The zero-order chi connectivity index (χ0) is 22.9. The maximum absolute atomic E-state index is 15.4. The van der Waals surface area contributed by atoms with Crippen LogP contribution in [0.15, 0.2) is 23.8 Å². The van der Waals surface area contributed by atoms with E-state index in [4.69, 9.17) is 4.74 Å². The number of hydrogen-bond donors (Lipinski definition) is 2. The van der Waals surface area contributed by atoms with Crippen LogP contribution in [0.3, 0.4) is 0 Å². The Bertz CT molecular complexity index is 895. The maximum atomic E-state index is 15.4. The molecule has 0 aromatic heterocycles. The Labute approximate surface area is 181 Å². The molecule has 0 unspecified atom stereocenters. The number of allylic oxidation sites excluding steroid dienone is 4. The van der Waals surface area contributed by atoms with Crippen molar-refractivity contribution in [2.45, 2.75) is 64.8 Å². The second-order valence-corrected chi connectivity index (χ2v) is 10.4. The van der Waals surface area contributed by atoms with Crippen LogP contribution in [0.2, 0.25) is 0 Å². The highest BCUT2D eigenvalue weighted by Crippen LogP contribution is 2.69. The van der Waals surface area contributed by atoms with E-state index in [-0.39, 0.29) is 42.3 Å². The van der Waals surface area contributed by atoms with Crippen molar-refractivity contribution in [2.24, 2.45) is 34.5 Å². The van der Waals surface area contributed by atoms with E-state index in [0.717, 1.165) is 0 Å². The van der Waals surface area contributed by atoms with Crippen molar-refractivity contribution in [2.75, 3.05) is 6.61 Å². The molecule has 0 bridgehead atoms. The molecule has 0 spiro atoms. The summed E-state index contributed by atoms with van der Waals surface area (Å²) in [4.78, 5) is 37.0. The number of ether oxygens (including phenoxy) is 1. The van der Waals surface area contributed by atoms with Crippen molar-refractivity contribution < 1.29 is 33.7 Å². The molecule has 0 heterocycles. The van der Waals surface area contributed by atoms with Gasteiger partial charge < -0.3 is 14.9 Å². The average molecular weight is 435 g/mol. The van der Waals surface area contributed by atoms with Crippen LogP contribution in [-0.2, 0) is 19.1 Å². The number of aliphatic hydroxyl groups excluding tert-OH is 2. The number of alkyl halides is 1. The SMILES string of the molecule is CC(=O)O[C@]1(C(=O)CO)[C@H](C)C[C@H]2[C@@H]3C[C@H](F)C4=CC(=O)C=C[C@]4(C)[C@H]3[C@@H](O)C[C@@]21C. The van der Waals surface area contributed by atoms with E-state index in [9.17, 15) is 24.6 Å². The lowest BCUT2D eigenvalue weighted by Crippen LogP contribution is -2.64. The summed E-state index contributed by atoms with van der Waals surface area (Å²) in [5, 5.41) is 21.1. The molecule has 9 atom stereocenters. The average Bonchev–Trinajstić information content (AvgIpc) is 2.90. The fraction of sp³-hybridized carbons (Fsp3) is 0.708. The highest BCUT2D eigenvalue weighted by molar-refractivity contribution is 6.01. The lowest BCUT2D eigenvalue weighted by atomic mass is 9.46. The van der Waals surface area contributed by atoms with Crippen LogP contribution in [0.5, 0.6) is 0 Å². The van der Waals surface area contributed by atoms with Crippen LogP contribution in [0.4, 0.5) is 4.39 Å². The molecule has 4 rings (SSSR count). The van der Waals surface area contributed by atoms with E-state index in [1.54, 1.807) is 6.08 Å². The van der Waals surface area contributed by atoms with Gasteiger partial charge in [-0.2, -0.15) is 0 Å². The Balaban J connectivity index is 1.84. The Morgan fingerprint density at radius 3 is 2.58 bits per heavy atom. The molecule has 170 valence electrons. The zero-order valence-corrected chi connectivity index (χ0v) is 18.4. The summed E-state index contributed by atoms with van der Waals surface area (Å²) in [6, 6.07) is 0. The number of carbonyl (C=O) groups is 3. The van der Waals surface area contributed by atoms with Crippen molar-refractivity contribution in [1.29, 1.82) is 0 Å². The fourth-order valence-electron chi connectivity index (χ4n) is 7.87. The topological polar surface area (TPSA) is 101 Å². The van der Waals surface area contributed by atoms with E-state index in [2.05, 4.69) is 0 Å². The standard InChI is InChI=1S/C24H31FO6/c1-12-7-16-15-9-18(25)17-8-14(28)5-6-22(17,3)21(15)19(29)10-23(16,4)24(12,20(30)11-26)31-13(2)27/h5-6,8,12,15-16,18-19,21,26,29H,7,9-11H2,1-4H3/t12-,15+,16+,18+,19+,21-,22+,23+,24+/m1/s1. The zero-order valence-electron chi connectivity index (χ0n) is 18.4. The smallest absolute Gasteiger partial charge is 0.303 e. The van der Waals surface area contributed by atoms with Crippen molar-refractivity contribution in [3.63, 3.8) is 0 Å². The van der Waals surface area contributed by atoms with Gasteiger partial charge in [-0.05, 0) is 48.8 Å². The molecule has 0 radical (unpaired) electrons. The van der Waals surface area contributed by atoms with Gasteiger partial charge in [0.25, 0.3) is 0 Å². The number of Topliss-reactive ketones (excluding diaryl/α,β-unsaturated/α-hetero) is 1. The van der Waals surface area contributed by atoms with E-state index < -0.39 is 47.1 Å². The molecule has 6 nitrogen and oxygen atoms in total. The highest BCUT2D eigenvalue weighted by atomic mass is 19.1. The first-order chi connectivity index (χ1) is 14.4. The number of esters is 1. The normalized spacial score (nSPS) is 48.4. The number of halogens is 1. The van der Waals surface area contributed by atoms with Gasteiger partial charge in [0.2, 0.25) is 5.78 Å². The molecule has 0 aliphatic heterocycles. The largest absolute Gasteiger partial charge is 0.450 e. The number of fused-ring (bicyclic) bond motifs is 5. The van der Waals surface area contributed by atoms with Crippen LogP contribution in [0, 0.1) is 34.5 Å². The first-order valence-electron chi connectivity index (χ1n) is 11.0. The quantitative estimate of drug-likeness (QED) is 0.661. The maximum Gasteiger partial charge on any atom is 0.303 e. The van der Waals surface area contributed by atoms with Crippen LogP contribution in [0.25, 0.3) is 0 Å². The third kappa shape index (κ3) is 2.78. The number of rotatable bonds is 3. The molecule has 7 heteroatoms. The Morgan fingerprint density at radius 2 is 1.97 bits per heavy atom. The molecule has 0 aromatic carbocycles. The van der Waals surface area contributed by atoms with Gasteiger partial charge in [0.15, 0.2) is 11.4 Å². The van der Waals surface area contributed by atoms with Crippen LogP contribution in [0.1, 0.15) is 47.0 Å². The molecule has 0 aromatic rings. The minimum Gasteiger partial charge on any atom is -0.450 e. The third-order valence-electron chi connectivity index (χ3n) is 8.88. The number of ketones is 2. The van der Waals surface area contributed by atoms with Gasteiger partial charge in [-0.1, -0.05) is 26.8 Å². The predicted octanol–water partition coefficient (Wildman–Crippen LogP) is 2.32. The van der Waals surface area contributed by atoms with Crippen molar-refractivity contribution >= 4 is 17.5 Å². The van der Waals surface area contributed by atoms with Gasteiger partial charge in [0.05, 0.1) is 6.10 Å². The number of aliphatic hydroxyl groups is 2. The summed E-state index contributed by atoms with van der Waals surface area (Å²) in [5.41, 5.74) is -2.89. The second kappa shape index (κ2) is 7.07. The third-order valence-corrected chi connectivity index (χ3v) is 8.88. The monoisotopic (exact) mass is 434 g/mol. The van der Waals surface area contributed by atoms with Gasteiger partial charge in [-0.25, -0.2) is 4.39 Å². The Kier molecular flexibility index (Phi) is 5.10. The van der Waals surface area contributed by atoms with Gasteiger partial charge in [-0.3, -0.25) is 14.4 Å². The van der Waals surface area contributed by atoms with E-state index in [0.29, 0.717) is 12.0 Å². The highest BCUT2D eigenvalue weighted by Gasteiger charge is 2.73. The second-order valence-electron chi connectivity index (χ2n) is 10.4. The first-order valence-corrected chi connectivity index (χ1v) is 11.0. The molecule has 4 aliphatic rings. The lowest BCUT2D eigenvalue weighted by molar-refractivity contribution is -0.205. The summed E-state index contributed by atoms with van der Waals surface area (Å²) in [5.74, 6) is -2.61. The lowest BCUT2D eigenvalue weighted by Gasteiger charge is -2.60. The molecule has 0 amide bonds. The van der Waals surface area contributed by atoms with Crippen molar-refractivity contribution in [1.82, 2.24) is 0 Å². The summed E-state index contributed by atoms with van der Waals surface area (Å²) < 4.78 is 21.1. The van der Waals surface area contributed by atoms with Crippen LogP contribution >= 0.6 is 0 Å². The molecule has 31 heavy (non-hydrogen) atoms. The summed E-state index contributed by atoms with van der Waals surface area (Å²) in [6.07, 6.45) is 3.14. The van der Waals surface area contributed by atoms with Gasteiger partial charge in [0, 0.05) is 29.6 Å². The predicted molar refractivity (Wildman–Crippen MR) is 109 cm³/mol. The molecule has 3 saturated carbocycles. The molecule has 0 saturated heterocycles. The number of hydrogen-bond acceptors (Lipinski definition) is 6. The van der Waals surface area contributed by atoms with Crippen LogP contribution < -0.4 is 0 Å². The van der Waals surface area contributed by atoms with E-state index in [1.807, 2.05) is 20.8 Å². The number of carbonyl (C=O) groups excluding carboxylic acids is 3. The first kappa shape index (κ1) is 22.3. The summed E-state index contributed by atoms with van der Waals surface area (Å²) in [7, 11) is 0. The van der Waals surface area contributed by atoms with Gasteiger partial charge >= 0.3 is 5.97 Å². The molecule has 4 aliphatic carbocycles. The van der Waals surface area contributed by atoms with Gasteiger partial charge in [0.1, 0.15) is 12.8 Å². The summed E-state index contributed by atoms with van der Waals surface area (Å²) in [6.45, 7) is 5.98. The van der Waals surface area contributed by atoms with Crippen molar-refractivity contribution in [3.05, 3.63) is 23.8 Å². The fourth-order valence-corrected chi connectivity index (χ4v) is 7.87. The van der Waals surface area contributed by atoms with E-state index in [1.165, 1.54) is 19.1 Å². The minimum atomic E-state index is -1.56. The molecular formula is C24H31FO6. The van der Waals surface area contributed by atoms with Crippen molar-refractivity contribution in [3.8, 4) is 0 Å². The van der Waals surface area contributed by atoms with E-state index >= 15 is 4.39 Å². The molecule has 2 N–H and O–H groups in total.